The monoisotopic (exact) mass is 361 g/mol. The van der Waals surface area contributed by atoms with Crippen LogP contribution in [-0.2, 0) is 16.6 Å². The number of hydrogen-bond donors (Lipinski definition) is 2. The number of nitrogens with one attached hydrogen (secondary N) is 2. The second-order valence-corrected chi connectivity index (χ2v) is 7.88. The van der Waals surface area contributed by atoms with Gasteiger partial charge in [0.05, 0.1) is 12.3 Å². The maximum absolute atomic E-state index is 12.3. The highest BCUT2D eigenvalue weighted by Gasteiger charge is 2.34. The molecule has 8 nitrogen and oxygen atoms in total. The molecule has 1 saturated heterocycles. The third-order valence-electron chi connectivity index (χ3n) is 3.90. The maximum atomic E-state index is 12.3. The van der Waals surface area contributed by atoms with Gasteiger partial charge in [0.15, 0.2) is 0 Å². The van der Waals surface area contributed by atoms with Crippen LogP contribution < -0.4 is 10.6 Å². The fraction of sp³-hybridized carbons (Fsp3) is 0.312. The van der Waals surface area contributed by atoms with E-state index in [1.54, 1.807) is 24.4 Å². The number of carbonyl (C=O) groups excluding carboxylic acids is 1. The first-order valence-electron chi connectivity index (χ1n) is 7.76. The van der Waals surface area contributed by atoms with Crippen LogP contribution in [0.15, 0.2) is 42.9 Å². The van der Waals surface area contributed by atoms with Crippen LogP contribution in [0.25, 0.3) is 0 Å². The van der Waals surface area contributed by atoms with Gasteiger partial charge in [0.1, 0.15) is 12.1 Å². The lowest BCUT2D eigenvalue weighted by Crippen LogP contribution is -2.60. The Bertz CT molecular complexity index is 851. The summed E-state index contributed by atoms with van der Waals surface area (Å²) in [6.45, 7) is 1.17. The third-order valence-corrected chi connectivity index (χ3v) is 5.13. The number of carbonyl (C=O) groups is 1. The Morgan fingerprint density at radius 3 is 2.80 bits per heavy atom. The van der Waals surface area contributed by atoms with E-state index in [2.05, 4.69) is 20.6 Å². The Labute approximate surface area is 146 Å². The Kier molecular flexibility index (Phi) is 4.95. The molecule has 2 N–H and O–H groups in total. The van der Waals surface area contributed by atoms with Crippen LogP contribution >= 0.6 is 0 Å². The van der Waals surface area contributed by atoms with E-state index in [0.717, 1.165) is 5.56 Å². The largest absolute Gasteiger partial charge is 0.366 e. The van der Waals surface area contributed by atoms with Gasteiger partial charge >= 0.3 is 0 Å². The summed E-state index contributed by atoms with van der Waals surface area (Å²) in [5.74, 6) is 0.502. The maximum Gasteiger partial charge on any atom is 0.251 e. The summed E-state index contributed by atoms with van der Waals surface area (Å²) in [6.07, 6.45) is 4.28. The van der Waals surface area contributed by atoms with Gasteiger partial charge in [0.2, 0.25) is 10.0 Å². The number of benzene rings is 1. The number of anilines is 1. The first-order chi connectivity index (χ1) is 11.9. The molecule has 0 saturated carbocycles. The zero-order valence-electron chi connectivity index (χ0n) is 13.7. The Morgan fingerprint density at radius 1 is 1.32 bits per heavy atom. The molecule has 132 valence electrons. The van der Waals surface area contributed by atoms with Gasteiger partial charge in [-0.3, -0.25) is 4.79 Å². The van der Waals surface area contributed by atoms with E-state index in [1.165, 1.54) is 16.9 Å². The smallest absolute Gasteiger partial charge is 0.251 e. The van der Waals surface area contributed by atoms with Crippen molar-refractivity contribution in [2.45, 2.75) is 12.6 Å². The van der Waals surface area contributed by atoms with Crippen molar-refractivity contribution in [3.8, 4) is 0 Å². The molecule has 1 aromatic carbocycles. The second kappa shape index (κ2) is 7.16. The minimum Gasteiger partial charge on any atom is -0.366 e. The van der Waals surface area contributed by atoms with Crippen LogP contribution in [0.3, 0.4) is 0 Å². The normalized spacial score (nSPS) is 15.4. The fourth-order valence-corrected chi connectivity index (χ4v) is 3.38. The molecule has 0 bridgehead atoms. The van der Waals surface area contributed by atoms with Crippen molar-refractivity contribution in [3.05, 3.63) is 54.0 Å². The van der Waals surface area contributed by atoms with E-state index in [0.29, 0.717) is 31.0 Å². The van der Waals surface area contributed by atoms with Crippen molar-refractivity contribution in [1.29, 1.82) is 0 Å². The van der Waals surface area contributed by atoms with E-state index < -0.39 is 10.0 Å². The van der Waals surface area contributed by atoms with Gasteiger partial charge in [-0.15, -0.1) is 0 Å². The molecular weight excluding hydrogens is 342 g/mol. The van der Waals surface area contributed by atoms with Crippen LogP contribution in [-0.4, -0.2) is 54.0 Å². The predicted octanol–water partition coefficient (Wildman–Crippen LogP) is 0.462. The van der Waals surface area contributed by atoms with Crippen molar-refractivity contribution in [2.24, 2.45) is 0 Å². The zero-order valence-corrected chi connectivity index (χ0v) is 14.5. The van der Waals surface area contributed by atoms with E-state index >= 15 is 0 Å². The van der Waals surface area contributed by atoms with Gasteiger partial charge in [0.25, 0.3) is 5.91 Å². The minimum absolute atomic E-state index is 0.148. The van der Waals surface area contributed by atoms with E-state index in [1.807, 2.05) is 12.1 Å². The van der Waals surface area contributed by atoms with Gasteiger partial charge in [0, 0.05) is 31.4 Å². The molecule has 1 aliphatic rings. The Hall–Kier alpha value is -2.52. The summed E-state index contributed by atoms with van der Waals surface area (Å²) in [5, 5.41) is 6.01. The third kappa shape index (κ3) is 4.52. The van der Waals surface area contributed by atoms with E-state index in [9.17, 15) is 13.2 Å². The number of sulfonamides is 1. The number of rotatable bonds is 6. The number of amides is 1. The lowest BCUT2D eigenvalue weighted by molar-refractivity contribution is 0.0896. The molecule has 2 heterocycles. The van der Waals surface area contributed by atoms with Crippen molar-refractivity contribution >= 4 is 21.7 Å². The van der Waals surface area contributed by atoms with Crippen LogP contribution in [0.5, 0.6) is 0 Å². The van der Waals surface area contributed by atoms with Gasteiger partial charge < -0.3 is 10.6 Å². The molecule has 3 rings (SSSR count). The quantitative estimate of drug-likeness (QED) is 0.775. The zero-order chi connectivity index (χ0) is 17.9. The molecule has 0 unspecified atom stereocenters. The highest BCUT2D eigenvalue weighted by molar-refractivity contribution is 7.88. The molecular formula is C16H19N5O3S. The first-order valence-corrected chi connectivity index (χ1v) is 9.61. The highest BCUT2D eigenvalue weighted by Crippen LogP contribution is 2.13. The van der Waals surface area contributed by atoms with Gasteiger partial charge in [-0.2, -0.15) is 4.31 Å². The summed E-state index contributed by atoms with van der Waals surface area (Å²) in [7, 11) is -3.18. The van der Waals surface area contributed by atoms with E-state index in [-0.39, 0.29) is 11.9 Å². The van der Waals surface area contributed by atoms with Gasteiger partial charge in [-0.25, -0.2) is 18.4 Å². The average Bonchev–Trinajstić information content (AvgIpc) is 2.56. The summed E-state index contributed by atoms with van der Waals surface area (Å²) in [5.41, 5.74) is 1.48. The number of aromatic nitrogens is 2. The average molecular weight is 361 g/mol. The predicted molar refractivity (Wildman–Crippen MR) is 93.5 cm³/mol. The molecule has 1 fully saturated rings. The van der Waals surface area contributed by atoms with Crippen LogP contribution in [0.1, 0.15) is 15.9 Å². The molecule has 9 heteroatoms. The number of nitrogens with zero attached hydrogens (tertiary/aromatic N) is 3. The lowest BCUT2D eigenvalue weighted by atomic mass is 10.1. The molecule has 25 heavy (non-hydrogen) atoms. The highest BCUT2D eigenvalue weighted by atomic mass is 32.2. The summed E-state index contributed by atoms with van der Waals surface area (Å²) < 4.78 is 24.0. The van der Waals surface area contributed by atoms with Crippen molar-refractivity contribution in [3.63, 3.8) is 0 Å². The molecule has 1 aromatic heterocycles. The fourth-order valence-electron chi connectivity index (χ4n) is 2.48. The molecule has 1 aliphatic heterocycles. The summed E-state index contributed by atoms with van der Waals surface area (Å²) in [4.78, 5) is 20.2. The number of hydrogen-bond acceptors (Lipinski definition) is 6. The van der Waals surface area contributed by atoms with Crippen LogP contribution in [0.2, 0.25) is 0 Å². The summed E-state index contributed by atoms with van der Waals surface area (Å²) in [6, 6.07) is 8.88. The molecule has 0 aliphatic carbocycles. The standard InChI is InChI=1S/C16H19N5O3S/c1-25(23,24)21-9-14(10-21)20-16(22)13-4-2-3-12(7-13)8-18-15-5-6-17-11-19-15/h2-7,11,14H,8-10H2,1H3,(H,20,22)(H,17,18,19). The van der Waals surface area contributed by atoms with Crippen LogP contribution in [0.4, 0.5) is 5.82 Å². The first kappa shape index (κ1) is 17.3. The second-order valence-electron chi connectivity index (χ2n) is 5.90. The molecule has 0 radical (unpaired) electrons. The van der Waals surface area contributed by atoms with E-state index in [4.69, 9.17) is 0 Å². The van der Waals surface area contributed by atoms with Crippen molar-refractivity contribution < 1.29 is 13.2 Å². The topological polar surface area (TPSA) is 104 Å². The Morgan fingerprint density at radius 2 is 2.12 bits per heavy atom. The minimum atomic E-state index is -3.18. The molecule has 0 spiro atoms. The Balaban J connectivity index is 1.55. The van der Waals surface area contributed by atoms with Gasteiger partial charge in [-0.1, -0.05) is 12.1 Å². The summed E-state index contributed by atoms with van der Waals surface area (Å²) >= 11 is 0. The molecule has 1 amide bonds. The lowest BCUT2D eigenvalue weighted by Gasteiger charge is -2.37. The van der Waals surface area contributed by atoms with Crippen molar-refractivity contribution in [1.82, 2.24) is 19.6 Å². The molecule has 0 atom stereocenters. The van der Waals surface area contributed by atoms with Crippen LogP contribution in [0, 0.1) is 0 Å². The molecule has 2 aromatic rings. The SMILES string of the molecule is CS(=O)(=O)N1CC(NC(=O)c2cccc(CNc3ccncn3)c2)C1. The van der Waals surface area contributed by atoms with Gasteiger partial charge in [-0.05, 0) is 23.8 Å². The van der Waals surface area contributed by atoms with Crippen molar-refractivity contribution in [2.75, 3.05) is 24.7 Å².